The van der Waals surface area contributed by atoms with Crippen molar-refractivity contribution >= 4 is 12.0 Å². The summed E-state index contributed by atoms with van der Waals surface area (Å²) in [6, 6.07) is -0.406. The molecule has 0 aromatic rings. The predicted molar refractivity (Wildman–Crippen MR) is 78.1 cm³/mol. The van der Waals surface area contributed by atoms with Crippen LogP contribution in [0.15, 0.2) is 0 Å². The molecule has 0 aromatic heterocycles. The van der Waals surface area contributed by atoms with E-state index in [-0.39, 0.29) is 18.2 Å². The Bertz CT molecular complexity index is 393. The molecule has 1 saturated carbocycles. The normalized spacial score (nSPS) is 30.4. The fraction of sp³-hybridized carbons (Fsp3) is 0.867. The smallest absolute Gasteiger partial charge is 0.317 e. The Morgan fingerprint density at radius 2 is 2.00 bits per heavy atom. The largest absolute Gasteiger partial charge is 0.481 e. The molecule has 0 bridgehead atoms. The summed E-state index contributed by atoms with van der Waals surface area (Å²) in [6.07, 6.45) is 4.16. The van der Waals surface area contributed by atoms with Crippen LogP contribution in [0, 0.1) is 5.41 Å². The van der Waals surface area contributed by atoms with E-state index in [1.807, 2.05) is 6.92 Å². The van der Waals surface area contributed by atoms with E-state index in [1.54, 1.807) is 11.8 Å². The van der Waals surface area contributed by atoms with E-state index in [0.29, 0.717) is 26.1 Å². The topological polar surface area (TPSA) is 78.9 Å². The minimum absolute atomic E-state index is 0.135. The van der Waals surface area contributed by atoms with E-state index in [4.69, 9.17) is 4.74 Å². The number of hydrogen-bond acceptors (Lipinski definition) is 3. The second-order valence-electron chi connectivity index (χ2n) is 6.26. The maximum atomic E-state index is 12.3. The van der Waals surface area contributed by atoms with Crippen molar-refractivity contribution in [3.05, 3.63) is 0 Å². The number of ether oxygens (including phenoxy) is 1. The molecule has 120 valence electrons. The molecule has 0 spiro atoms. The molecule has 0 aromatic carbocycles. The molecule has 1 aliphatic heterocycles. The van der Waals surface area contributed by atoms with Crippen molar-refractivity contribution in [2.75, 3.05) is 19.7 Å². The second-order valence-corrected chi connectivity index (χ2v) is 6.26. The molecule has 2 amide bonds. The number of urea groups is 1. The quantitative estimate of drug-likeness (QED) is 0.830. The fourth-order valence-corrected chi connectivity index (χ4v) is 3.36. The van der Waals surface area contributed by atoms with Gasteiger partial charge in [0.1, 0.15) is 0 Å². The van der Waals surface area contributed by atoms with E-state index < -0.39 is 11.4 Å². The van der Waals surface area contributed by atoms with Gasteiger partial charge in [0.05, 0.1) is 11.5 Å². The van der Waals surface area contributed by atoms with Crippen molar-refractivity contribution in [2.45, 2.75) is 58.1 Å². The minimum atomic E-state index is -0.834. The number of likely N-dealkylation sites (tertiary alicyclic amines) is 1. The van der Waals surface area contributed by atoms with Crippen LogP contribution in [0.2, 0.25) is 0 Å². The molecule has 1 heterocycles. The fourth-order valence-electron chi connectivity index (χ4n) is 3.36. The maximum absolute atomic E-state index is 12.3. The second kappa shape index (κ2) is 6.64. The Morgan fingerprint density at radius 3 is 2.57 bits per heavy atom. The molecule has 2 atom stereocenters. The van der Waals surface area contributed by atoms with Gasteiger partial charge in [-0.2, -0.15) is 0 Å². The highest BCUT2D eigenvalue weighted by molar-refractivity contribution is 5.79. The lowest BCUT2D eigenvalue weighted by molar-refractivity contribution is -0.148. The highest BCUT2D eigenvalue weighted by Crippen LogP contribution is 2.38. The summed E-state index contributed by atoms with van der Waals surface area (Å²) >= 11 is 0. The van der Waals surface area contributed by atoms with Crippen LogP contribution in [-0.2, 0) is 9.53 Å². The van der Waals surface area contributed by atoms with Crippen molar-refractivity contribution in [3.63, 3.8) is 0 Å². The first kappa shape index (κ1) is 16.1. The molecule has 1 saturated heterocycles. The van der Waals surface area contributed by atoms with Gasteiger partial charge < -0.3 is 20.1 Å². The molecule has 2 rings (SSSR count). The third kappa shape index (κ3) is 3.48. The number of carbonyl (C=O) groups excluding carboxylic acids is 1. The molecular formula is C15H26N2O4. The van der Waals surface area contributed by atoms with Gasteiger partial charge in [-0.3, -0.25) is 4.79 Å². The van der Waals surface area contributed by atoms with Gasteiger partial charge in [-0.05, 0) is 39.5 Å². The summed E-state index contributed by atoms with van der Waals surface area (Å²) < 4.78 is 5.57. The number of nitrogens with one attached hydrogen (secondary N) is 1. The summed E-state index contributed by atoms with van der Waals surface area (Å²) in [4.78, 5) is 25.5. The Labute approximate surface area is 125 Å². The molecule has 2 aliphatic rings. The molecular weight excluding hydrogens is 272 g/mol. The van der Waals surface area contributed by atoms with E-state index in [0.717, 1.165) is 25.7 Å². The first-order valence-electron chi connectivity index (χ1n) is 7.88. The number of carboxylic acids is 1. The van der Waals surface area contributed by atoms with Gasteiger partial charge in [0.15, 0.2) is 0 Å². The third-order valence-corrected chi connectivity index (χ3v) is 4.88. The maximum Gasteiger partial charge on any atom is 0.317 e. The van der Waals surface area contributed by atoms with Crippen molar-refractivity contribution in [1.82, 2.24) is 10.2 Å². The number of hydrogen-bond donors (Lipinski definition) is 2. The van der Waals surface area contributed by atoms with Crippen LogP contribution in [0.5, 0.6) is 0 Å². The number of nitrogens with zero attached hydrogens (tertiary/aromatic N) is 1. The summed E-state index contributed by atoms with van der Waals surface area (Å²) in [5, 5.41) is 12.3. The van der Waals surface area contributed by atoms with Crippen LogP contribution in [0.1, 0.15) is 46.0 Å². The van der Waals surface area contributed by atoms with Crippen LogP contribution < -0.4 is 5.32 Å². The van der Waals surface area contributed by atoms with Crippen molar-refractivity contribution < 1.29 is 19.4 Å². The van der Waals surface area contributed by atoms with Gasteiger partial charge in [0, 0.05) is 25.7 Å². The molecule has 21 heavy (non-hydrogen) atoms. The van der Waals surface area contributed by atoms with E-state index >= 15 is 0 Å². The number of carboxylic acid groups (broad SMARTS) is 1. The molecule has 1 aliphatic carbocycles. The van der Waals surface area contributed by atoms with Gasteiger partial charge >= 0.3 is 12.0 Å². The van der Waals surface area contributed by atoms with Crippen LogP contribution in [0.25, 0.3) is 0 Å². The Balaban J connectivity index is 1.86. The summed E-state index contributed by atoms with van der Waals surface area (Å²) in [5.74, 6) is -0.819. The standard InChI is InChI=1S/C15H26N2O4/c1-3-21-11-6-9-17(10-7-11)14(20)16-12-5-4-8-15(12,2)13(18)19/h11-12H,3-10H2,1-2H3,(H,16,20)(H,18,19). The Morgan fingerprint density at radius 1 is 1.33 bits per heavy atom. The monoisotopic (exact) mass is 298 g/mol. The number of aliphatic carboxylic acids is 1. The van der Waals surface area contributed by atoms with Gasteiger partial charge in [-0.25, -0.2) is 4.79 Å². The Hall–Kier alpha value is -1.30. The average molecular weight is 298 g/mol. The van der Waals surface area contributed by atoms with Crippen molar-refractivity contribution in [2.24, 2.45) is 5.41 Å². The van der Waals surface area contributed by atoms with E-state index in [2.05, 4.69) is 5.32 Å². The minimum Gasteiger partial charge on any atom is -0.481 e. The number of rotatable bonds is 4. The van der Waals surface area contributed by atoms with Gasteiger partial charge in [-0.15, -0.1) is 0 Å². The third-order valence-electron chi connectivity index (χ3n) is 4.88. The Kier molecular flexibility index (Phi) is 5.08. The molecule has 2 unspecified atom stereocenters. The summed E-state index contributed by atoms with van der Waals surface area (Å²) in [6.45, 7) is 5.76. The van der Waals surface area contributed by atoms with Gasteiger partial charge in [0.25, 0.3) is 0 Å². The SMILES string of the molecule is CCOC1CCN(C(=O)NC2CCCC2(C)C(=O)O)CC1. The molecule has 6 heteroatoms. The van der Waals surface area contributed by atoms with Gasteiger partial charge in [-0.1, -0.05) is 6.42 Å². The number of amides is 2. The van der Waals surface area contributed by atoms with Crippen LogP contribution in [0.3, 0.4) is 0 Å². The van der Waals surface area contributed by atoms with Crippen LogP contribution in [0.4, 0.5) is 4.79 Å². The first-order valence-corrected chi connectivity index (χ1v) is 7.88. The van der Waals surface area contributed by atoms with E-state index in [9.17, 15) is 14.7 Å². The number of carbonyl (C=O) groups is 2. The molecule has 0 radical (unpaired) electrons. The average Bonchev–Trinajstić information content (AvgIpc) is 2.83. The lowest BCUT2D eigenvalue weighted by atomic mass is 9.85. The van der Waals surface area contributed by atoms with Crippen LogP contribution >= 0.6 is 0 Å². The number of piperidine rings is 1. The lowest BCUT2D eigenvalue weighted by Crippen LogP contribution is -2.53. The zero-order valence-corrected chi connectivity index (χ0v) is 12.9. The lowest BCUT2D eigenvalue weighted by Gasteiger charge is -2.34. The zero-order chi connectivity index (χ0) is 15.5. The van der Waals surface area contributed by atoms with Crippen molar-refractivity contribution in [3.8, 4) is 0 Å². The first-order chi connectivity index (χ1) is 9.97. The highest BCUT2D eigenvalue weighted by atomic mass is 16.5. The van der Waals surface area contributed by atoms with E-state index in [1.165, 1.54) is 0 Å². The molecule has 2 fully saturated rings. The summed E-state index contributed by atoms with van der Waals surface area (Å²) in [5.41, 5.74) is -0.834. The molecule has 2 N–H and O–H groups in total. The van der Waals surface area contributed by atoms with Crippen molar-refractivity contribution in [1.29, 1.82) is 0 Å². The highest BCUT2D eigenvalue weighted by Gasteiger charge is 2.46. The van der Waals surface area contributed by atoms with Gasteiger partial charge in [0.2, 0.25) is 0 Å². The zero-order valence-electron chi connectivity index (χ0n) is 12.9. The van der Waals surface area contributed by atoms with Crippen LogP contribution in [-0.4, -0.2) is 53.8 Å². The molecule has 6 nitrogen and oxygen atoms in total. The summed E-state index contributed by atoms with van der Waals surface area (Å²) in [7, 11) is 0. The predicted octanol–water partition coefficient (Wildman–Crippen LogP) is 1.84.